The third-order valence-corrected chi connectivity index (χ3v) is 7.20. The van der Waals surface area contributed by atoms with Gasteiger partial charge in [-0.15, -0.1) is 0 Å². The van der Waals surface area contributed by atoms with Gasteiger partial charge in [-0.2, -0.15) is 0 Å². The second-order valence-electron chi connectivity index (χ2n) is 10.8. The number of carbonyl (C=O) groups is 2. The van der Waals surface area contributed by atoms with E-state index in [4.69, 9.17) is 4.74 Å². The van der Waals surface area contributed by atoms with Gasteiger partial charge < -0.3 is 4.74 Å². The van der Waals surface area contributed by atoms with Crippen LogP contribution in [0, 0.1) is 0 Å². The molecule has 214 valence electrons. The molecule has 0 saturated carbocycles. The van der Waals surface area contributed by atoms with E-state index in [1.807, 2.05) is 0 Å². The van der Waals surface area contributed by atoms with Crippen molar-refractivity contribution in [3.8, 4) is 0 Å². The quantitative estimate of drug-likeness (QED) is 0.0388. The Hall–Kier alpha value is 1.02. The van der Waals surface area contributed by atoms with Crippen molar-refractivity contribution < 1.29 is 33.8 Å². The van der Waals surface area contributed by atoms with Crippen LogP contribution in [-0.2, 0) is 33.8 Å². The van der Waals surface area contributed by atoms with Crippen LogP contribution < -0.4 is 0 Å². The largest absolute Gasteiger partial charge is 0 e. The third kappa shape index (κ3) is 37.0. The molecule has 0 radical (unpaired) electrons. The van der Waals surface area contributed by atoms with E-state index in [1.165, 1.54) is 141 Å². The molecule has 0 N–H and O–H groups in total. The van der Waals surface area contributed by atoms with Crippen molar-refractivity contribution >= 4 is 49.7 Å². The van der Waals surface area contributed by atoms with Crippen LogP contribution >= 0.6 is 0 Å². The summed E-state index contributed by atoms with van der Waals surface area (Å²) in [4.78, 5) is 23.7. The van der Waals surface area contributed by atoms with Crippen LogP contribution in [0.4, 0.5) is 0 Å². The molecule has 0 aliphatic rings. The van der Waals surface area contributed by atoms with E-state index in [0.29, 0.717) is 12.8 Å². The second-order valence-corrected chi connectivity index (χ2v) is 10.8. The van der Waals surface area contributed by atoms with Gasteiger partial charge in [-0.3, -0.25) is 9.59 Å². The zero-order valence-electron chi connectivity index (χ0n) is 24.7. The molecular formula is C32H64CaO3Zn. The maximum atomic E-state index is 11.8. The van der Waals surface area contributed by atoms with E-state index in [1.54, 1.807) is 0 Å². The number of carbonyl (C=O) groups excluding carboxylic acids is 2. The minimum absolute atomic E-state index is 0. The fourth-order valence-electron chi connectivity index (χ4n) is 4.80. The second kappa shape index (κ2) is 37.0. The minimum atomic E-state index is -0.327. The van der Waals surface area contributed by atoms with Gasteiger partial charge in [0.05, 0.1) is 0 Å². The van der Waals surface area contributed by atoms with Gasteiger partial charge in [0.25, 0.3) is 0 Å². The maximum absolute atomic E-state index is 11.8. The van der Waals surface area contributed by atoms with Crippen LogP contribution in [0.3, 0.4) is 0 Å². The first kappa shape index (κ1) is 42.5. The van der Waals surface area contributed by atoms with Crippen molar-refractivity contribution in [1.29, 1.82) is 0 Å². The fraction of sp³-hybridized carbons (Fsp3) is 0.938. The van der Waals surface area contributed by atoms with E-state index in [-0.39, 0.29) is 69.2 Å². The first-order valence-electron chi connectivity index (χ1n) is 15.9. The number of hydrogen-bond acceptors (Lipinski definition) is 3. The Bertz CT molecular complexity index is 459. The van der Waals surface area contributed by atoms with Gasteiger partial charge in [0.1, 0.15) is 0 Å². The molecule has 0 aromatic carbocycles. The van der Waals surface area contributed by atoms with Gasteiger partial charge in [0.15, 0.2) is 0 Å². The predicted octanol–water partition coefficient (Wildman–Crippen LogP) is 10.1. The summed E-state index contributed by atoms with van der Waals surface area (Å²) in [6, 6.07) is 0. The van der Waals surface area contributed by atoms with Gasteiger partial charge in [-0.1, -0.05) is 168 Å². The van der Waals surface area contributed by atoms with Crippen LogP contribution in [0.2, 0.25) is 0 Å². The van der Waals surface area contributed by atoms with Crippen LogP contribution in [0.15, 0.2) is 0 Å². The van der Waals surface area contributed by atoms with Crippen molar-refractivity contribution in [1.82, 2.24) is 0 Å². The summed E-state index contributed by atoms with van der Waals surface area (Å²) < 4.78 is 4.98. The zero-order valence-corrected chi connectivity index (χ0v) is 27.7. The molecule has 0 bridgehead atoms. The summed E-state index contributed by atoms with van der Waals surface area (Å²) in [5.74, 6) is -0.653. The summed E-state index contributed by atoms with van der Waals surface area (Å²) in [6.07, 6.45) is 34.3. The van der Waals surface area contributed by atoms with Gasteiger partial charge in [0.2, 0.25) is 0 Å². The Kier molecular flexibility index (Phi) is 42.5. The molecule has 0 heterocycles. The van der Waals surface area contributed by atoms with Crippen molar-refractivity contribution in [2.24, 2.45) is 0 Å². The van der Waals surface area contributed by atoms with Crippen molar-refractivity contribution in [2.75, 3.05) is 0 Å². The van der Waals surface area contributed by atoms with Gasteiger partial charge >= 0.3 is 49.7 Å². The predicted molar refractivity (Wildman–Crippen MR) is 160 cm³/mol. The standard InChI is InChI=1S/C32H62O3.Ca.Zn.2H/c1-3-5-7-9-11-13-15-16-17-18-20-22-24-26-28-30-32(34)35-31(33)29-27-25-23-21-19-14-12-10-8-6-4-2;;;;/h3-30H2,1-2H3;;;;. The third-order valence-electron chi connectivity index (χ3n) is 7.20. The van der Waals surface area contributed by atoms with Crippen molar-refractivity contribution in [2.45, 2.75) is 194 Å². The molecule has 0 unspecified atom stereocenters. The van der Waals surface area contributed by atoms with E-state index in [0.717, 1.165) is 25.7 Å². The number of hydrogen-bond donors (Lipinski definition) is 0. The Morgan fingerprint density at radius 3 is 0.784 bits per heavy atom. The Morgan fingerprint density at radius 2 is 0.568 bits per heavy atom. The minimum Gasteiger partial charge on any atom is 0 e. The number of esters is 2. The smallest absolute Gasteiger partial charge is 0 e. The van der Waals surface area contributed by atoms with E-state index in [9.17, 15) is 9.59 Å². The molecule has 0 atom stereocenters. The molecule has 0 aliphatic carbocycles. The number of unbranched alkanes of at least 4 members (excludes halogenated alkanes) is 24. The molecule has 3 nitrogen and oxygen atoms in total. The molecule has 0 amide bonds. The summed E-state index contributed by atoms with van der Waals surface area (Å²) >= 11 is 0. The Balaban J connectivity index is -0.00000578. The molecule has 5 heteroatoms. The fourth-order valence-corrected chi connectivity index (χ4v) is 4.80. The number of rotatable bonds is 28. The summed E-state index contributed by atoms with van der Waals surface area (Å²) in [6.45, 7) is 4.53. The van der Waals surface area contributed by atoms with E-state index < -0.39 is 0 Å². The Morgan fingerprint density at radius 1 is 0.378 bits per heavy atom. The van der Waals surface area contributed by atoms with Gasteiger partial charge in [0, 0.05) is 32.3 Å². The molecule has 0 saturated heterocycles. The molecule has 0 fully saturated rings. The molecule has 0 rings (SSSR count). The van der Waals surface area contributed by atoms with Gasteiger partial charge in [-0.25, -0.2) is 0 Å². The topological polar surface area (TPSA) is 43.4 Å². The number of ether oxygens (including phenoxy) is 1. The molecule has 0 spiro atoms. The molecule has 0 aliphatic heterocycles. The monoisotopic (exact) mass is 600 g/mol. The van der Waals surface area contributed by atoms with Crippen molar-refractivity contribution in [3.05, 3.63) is 0 Å². The average molecular weight is 602 g/mol. The molecular weight excluding hydrogens is 538 g/mol. The van der Waals surface area contributed by atoms with Crippen LogP contribution in [-0.4, -0.2) is 49.7 Å². The molecule has 37 heavy (non-hydrogen) atoms. The first-order valence-corrected chi connectivity index (χ1v) is 15.9. The van der Waals surface area contributed by atoms with E-state index >= 15 is 0 Å². The van der Waals surface area contributed by atoms with Crippen LogP contribution in [0.25, 0.3) is 0 Å². The first-order chi connectivity index (χ1) is 17.2. The summed E-state index contributed by atoms with van der Waals surface area (Å²) in [5.41, 5.74) is 0. The van der Waals surface area contributed by atoms with Crippen LogP contribution in [0.1, 0.15) is 194 Å². The molecule has 0 aromatic heterocycles. The van der Waals surface area contributed by atoms with E-state index in [2.05, 4.69) is 13.8 Å². The summed E-state index contributed by atoms with van der Waals surface area (Å²) in [5, 5.41) is 0. The van der Waals surface area contributed by atoms with Crippen molar-refractivity contribution in [3.63, 3.8) is 0 Å². The normalized spacial score (nSPS) is 10.5. The SMILES string of the molecule is CCCCCCCCCCCCCCCCCC(=O)OC(=O)CCCCCCCCCCCCC.[CaH2].[Zn]. The molecule has 0 aromatic rings. The maximum Gasteiger partial charge on any atom is 0 e. The average Bonchev–Trinajstić information content (AvgIpc) is 2.85. The van der Waals surface area contributed by atoms with Gasteiger partial charge in [-0.05, 0) is 12.8 Å². The Labute approximate surface area is 274 Å². The summed E-state index contributed by atoms with van der Waals surface area (Å²) in [7, 11) is 0. The van der Waals surface area contributed by atoms with Crippen LogP contribution in [0.5, 0.6) is 0 Å². The zero-order chi connectivity index (χ0) is 25.7.